The van der Waals surface area contributed by atoms with Crippen molar-refractivity contribution < 1.29 is 22.7 Å². The Morgan fingerprint density at radius 3 is 2.16 bits per heavy atom. The van der Waals surface area contributed by atoms with Crippen LogP contribution in [0.2, 0.25) is 0 Å². The van der Waals surface area contributed by atoms with Gasteiger partial charge in [-0.15, -0.1) is 0 Å². The third-order valence-corrected chi connectivity index (χ3v) is 2.85. The van der Waals surface area contributed by atoms with Crippen molar-refractivity contribution >= 4 is 0 Å². The van der Waals surface area contributed by atoms with Crippen LogP contribution in [0.4, 0.5) is 17.6 Å². The van der Waals surface area contributed by atoms with E-state index in [1.165, 1.54) is 13.0 Å². The zero-order valence-corrected chi connectivity index (χ0v) is 9.92. The van der Waals surface area contributed by atoms with Gasteiger partial charge in [-0.25, -0.2) is 17.6 Å². The van der Waals surface area contributed by atoms with Gasteiger partial charge in [-0.3, -0.25) is 0 Å². The molecular formula is C14H10F4O. The minimum atomic E-state index is -1.70. The minimum absolute atomic E-state index is 0.123. The number of aryl methyl sites for hydroxylation is 1. The maximum atomic E-state index is 13.8. The molecule has 2 rings (SSSR count). The molecule has 100 valence electrons. The lowest BCUT2D eigenvalue weighted by Crippen LogP contribution is -2.07. The summed E-state index contributed by atoms with van der Waals surface area (Å²) in [6, 6.07) is 4.81. The van der Waals surface area contributed by atoms with Crippen molar-refractivity contribution in [2.75, 3.05) is 0 Å². The molecule has 0 bridgehead atoms. The summed E-state index contributed by atoms with van der Waals surface area (Å²) in [6.45, 7) is 1.41. The summed E-state index contributed by atoms with van der Waals surface area (Å²) in [5, 5.41) is 9.92. The lowest BCUT2D eigenvalue weighted by molar-refractivity contribution is 0.208. The topological polar surface area (TPSA) is 20.2 Å². The lowest BCUT2D eigenvalue weighted by atomic mass is 9.98. The fourth-order valence-electron chi connectivity index (χ4n) is 1.78. The molecule has 1 nitrogen and oxygen atoms in total. The highest BCUT2D eigenvalue weighted by atomic mass is 19.2. The van der Waals surface area contributed by atoms with E-state index in [0.717, 1.165) is 18.2 Å². The second kappa shape index (κ2) is 5.01. The molecule has 0 aliphatic heterocycles. The van der Waals surface area contributed by atoms with Gasteiger partial charge in [0.25, 0.3) is 0 Å². The summed E-state index contributed by atoms with van der Waals surface area (Å²) in [4.78, 5) is 0. The second-order valence-corrected chi connectivity index (χ2v) is 4.17. The third kappa shape index (κ3) is 2.46. The largest absolute Gasteiger partial charge is 0.383 e. The first kappa shape index (κ1) is 13.5. The minimum Gasteiger partial charge on any atom is -0.383 e. The molecule has 2 aromatic carbocycles. The van der Waals surface area contributed by atoms with Crippen LogP contribution in [0, 0.1) is 30.2 Å². The van der Waals surface area contributed by atoms with Crippen molar-refractivity contribution in [2.45, 2.75) is 13.0 Å². The van der Waals surface area contributed by atoms with Crippen LogP contribution in [0.5, 0.6) is 0 Å². The molecule has 19 heavy (non-hydrogen) atoms. The van der Waals surface area contributed by atoms with Gasteiger partial charge in [0.05, 0.1) is 5.56 Å². The van der Waals surface area contributed by atoms with Gasteiger partial charge in [-0.05, 0) is 36.2 Å². The second-order valence-electron chi connectivity index (χ2n) is 4.17. The first-order valence-corrected chi connectivity index (χ1v) is 5.49. The summed E-state index contributed by atoms with van der Waals surface area (Å²) in [5.74, 6) is -4.14. The number of halogens is 4. The predicted molar refractivity (Wildman–Crippen MR) is 61.5 cm³/mol. The number of aliphatic hydroxyl groups is 1. The van der Waals surface area contributed by atoms with E-state index in [4.69, 9.17) is 0 Å². The smallest absolute Gasteiger partial charge is 0.159 e. The van der Waals surface area contributed by atoms with Crippen LogP contribution in [0.1, 0.15) is 22.8 Å². The van der Waals surface area contributed by atoms with Crippen LogP contribution in [-0.2, 0) is 0 Å². The molecular weight excluding hydrogens is 260 g/mol. The van der Waals surface area contributed by atoms with E-state index in [-0.39, 0.29) is 11.1 Å². The van der Waals surface area contributed by atoms with Gasteiger partial charge in [0.1, 0.15) is 17.7 Å². The Morgan fingerprint density at radius 2 is 1.53 bits per heavy atom. The van der Waals surface area contributed by atoms with Gasteiger partial charge in [0.2, 0.25) is 0 Å². The molecule has 0 radical (unpaired) electrons. The van der Waals surface area contributed by atoms with E-state index in [9.17, 15) is 22.7 Å². The Labute approximate surface area is 107 Å². The predicted octanol–water partition coefficient (Wildman–Crippen LogP) is 3.63. The average Bonchev–Trinajstić information content (AvgIpc) is 2.37. The molecule has 0 saturated carbocycles. The first-order valence-electron chi connectivity index (χ1n) is 5.49. The van der Waals surface area contributed by atoms with Crippen LogP contribution < -0.4 is 0 Å². The highest BCUT2D eigenvalue weighted by Crippen LogP contribution is 2.29. The van der Waals surface area contributed by atoms with Gasteiger partial charge in [-0.1, -0.05) is 12.1 Å². The number of hydrogen-bond acceptors (Lipinski definition) is 1. The maximum Gasteiger partial charge on any atom is 0.159 e. The Balaban J connectivity index is 2.52. The van der Waals surface area contributed by atoms with Crippen LogP contribution in [0.3, 0.4) is 0 Å². The molecule has 2 aromatic rings. The van der Waals surface area contributed by atoms with Gasteiger partial charge in [0, 0.05) is 0 Å². The molecule has 1 atom stereocenters. The zero-order chi connectivity index (χ0) is 14.2. The van der Waals surface area contributed by atoms with Crippen molar-refractivity contribution in [2.24, 2.45) is 0 Å². The highest BCUT2D eigenvalue weighted by molar-refractivity contribution is 5.35. The van der Waals surface area contributed by atoms with Crippen molar-refractivity contribution in [1.29, 1.82) is 0 Å². The molecule has 0 aromatic heterocycles. The molecule has 1 N–H and O–H groups in total. The number of benzene rings is 2. The van der Waals surface area contributed by atoms with Crippen molar-refractivity contribution in [3.05, 3.63) is 70.3 Å². The normalized spacial score (nSPS) is 12.5. The zero-order valence-electron chi connectivity index (χ0n) is 9.92. The maximum absolute atomic E-state index is 13.8. The fourth-order valence-corrected chi connectivity index (χ4v) is 1.78. The van der Waals surface area contributed by atoms with Gasteiger partial charge < -0.3 is 5.11 Å². The van der Waals surface area contributed by atoms with Gasteiger partial charge in [-0.2, -0.15) is 0 Å². The molecule has 0 fully saturated rings. The molecule has 0 aliphatic carbocycles. The standard InChI is InChI=1S/C14H10F4O/c1-7-2-4-10(16)12(13(7)18)14(19)8-3-5-9(15)11(17)6-8/h2-6,14,19H,1H3. The number of aliphatic hydroxyl groups excluding tert-OH is 1. The van der Waals surface area contributed by atoms with Gasteiger partial charge >= 0.3 is 0 Å². The quantitative estimate of drug-likeness (QED) is 0.826. The SMILES string of the molecule is Cc1ccc(F)c(C(O)c2ccc(F)c(F)c2)c1F. The first-order chi connectivity index (χ1) is 8.91. The molecule has 0 amide bonds. The van der Waals surface area contributed by atoms with Crippen molar-refractivity contribution in [1.82, 2.24) is 0 Å². The molecule has 0 heterocycles. The molecule has 5 heteroatoms. The van der Waals surface area contributed by atoms with E-state index in [0.29, 0.717) is 6.07 Å². The summed E-state index contributed by atoms with van der Waals surface area (Å²) >= 11 is 0. The van der Waals surface area contributed by atoms with E-state index >= 15 is 0 Å². The van der Waals surface area contributed by atoms with E-state index in [1.54, 1.807) is 0 Å². The molecule has 1 unspecified atom stereocenters. The van der Waals surface area contributed by atoms with Crippen LogP contribution in [0.15, 0.2) is 30.3 Å². The summed E-state index contributed by atoms with van der Waals surface area (Å²) in [6.07, 6.45) is -1.70. The Hall–Kier alpha value is -1.88. The van der Waals surface area contributed by atoms with E-state index < -0.39 is 34.9 Å². The number of hydrogen-bond donors (Lipinski definition) is 1. The summed E-state index contributed by atoms with van der Waals surface area (Å²) in [7, 11) is 0. The van der Waals surface area contributed by atoms with E-state index in [1.807, 2.05) is 0 Å². The van der Waals surface area contributed by atoms with Crippen molar-refractivity contribution in [3.8, 4) is 0 Å². The van der Waals surface area contributed by atoms with Crippen LogP contribution in [-0.4, -0.2) is 5.11 Å². The lowest BCUT2D eigenvalue weighted by Gasteiger charge is -2.14. The van der Waals surface area contributed by atoms with Crippen LogP contribution >= 0.6 is 0 Å². The molecule has 0 aliphatic rings. The fraction of sp³-hybridized carbons (Fsp3) is 0.143. The monoisotopic (exact) mass is 270 g/mol. The third-order valence-electron chi connectivity index (χ3n) is 2.85. The summed E-state index contributed by atoms with van der Waals surface area (Å²) < 4.78 is 53.2. The highest BCUT2D eigenvalue weighted by Gasteiger charge is 2.22. The van der Waals surface area contributed by atoms with E-state index in [2.05, 4.69) is 0 Å². The number of rotatable bonds is 2. The van der Waals surface area contributed by atoms with Crippen LogP contribution in [0.25, 0.3) is 0 Å². The Kier molecular flexibility index (Phi) is 3.57. The Bertz CT molecular complexity index is 625. The van der Waals surface area contributed by atoms with Gasteiger partial charge in [0.15, 0.2) is 11.6 Å². The Morgan fingerprint density at radius 1 is 0.895 bits per heavy atom. The average molecular weight is 270 g/mol. The summed E-state index contributed by atoms with van der Waals surface area (Å²) in [5.41, 5.74) is -0.550. The van der Waals surface area contributed by atoms with Crippen molar-refractivity contribution in [3.63, 3.8) is 0 Å². The molecule has 0 saturated heterocycles. The molecule has 0 spiro atoms.